The van der Waals surface area contributed by atoms with Crippen molar-refractivity contribution < 1.29 is 40.6 Å². The molecule has 0 aliphatic rings. The predicted octanol–water partition coefficient (Wildman–Crippen LogP) is 7.90. The molecule has 2 amide bonds. The van der Waals surface area contributed by atoms with Gasteiger partial charge in [-0.3, -0.25) is 5.32 Å². The molecule has 4 aromatic rings. The van der Waals surface area contributed by atoms with Crippen LogP contribution in [0.25, 0.3) is 0 Å². The number of anilines is 1. The molecule has 2 N–H and O–H groups in total. The van der Waals surface area contributed by atoms with Gasteiger partial charge in [-0.15, -0.1) is 26.3 Å². The van der Waals surface area contributed by atoms with Gasteiger partial charge >= 0.3 is 18.8 Å². The number of carbonyl (C=O) groups excluding carboxylic acids is 1. The second kappa shape index (κ2) is 11.6. The number of benzene rings is 3. The number of halogens is 7. The van der Waals surface area contributed by atoms with Crippen molar-refractivity contribution in [2.75, 3.05) is 5.32 Å². The zero-order valence-corrected chi connectivity index (χ0v) is 21.6. The van der Waals surface area contributed by atoms with Crippen LogP contribution in [0.15, 0.2) is 85.1 Å². The Kier molecular flexibility index (Phi) is 8.45. The van der Waals surface area contributed by atoms with Crippen molar-refractivity contribution in [1.29, 1.82) is 0 Å². The molecule has 14 heteroatoms. The van der Waals surface area contributed by atoms with E-state index in [-0.39, 0.29) is 27.0 Å². The van der Waals surface area contributed by atoms with E-state index >= 15 is 0 Å². The van der Waals surface area contributed by atoms with Gasteiger partial charge in [-0.1, -0.05) is 77.5 Å². The lowest BCUT2D eigenvalue weighted by molar-refractivity contribution is -0.275. The van der Waals surface area contributed by atoms with E-state index in [2.05, 4.69) is 25.1 Å². The third kappa shape index (κ3) is 7.79. The molecule has 4 rings (SSSR count). The molecule has 40 heavy (non-hydrogen) atoms. The summed E-state index contributed by atoms with van der Waals surface area (Å²) in [6.45, 7) is 0. The molecule has 1 heterocycles. The molecule has 6 nitrogen and oxygen atoms in total. The van der Waals surface area contributed by atoms with Gasteiger partial charge in [0.25, 0.3) is 0 Å². The zero-order valence-electron chi connectivity index (χ0n) is 20.0. The van der Waals surface area contributed by atoms with Gasteiger partial charge in [0.1, 0.15) is 15.8 Å². The fourth-order valence-corrected chi connectivity index (χ4v) is 4.82. The number of amides is 2. The van der Waals surface area contributed by atoms with Crippen LogP contribution in [0.5, 0.6) is 11.5 Å². The number of carbonyl (C=O) groups is 1. The van der Waals surface area contributed by atoms with Crippen LogP contribution >= 0.6 is 22.9 Å². The fraction of sp³-hybridized carbons (Fsp3) is 0.154. The molecule has 0 aliphatic heterocycles. The summed E-state index contributed by atoms with van der Waals surface area (Å²) in [4.78, 5) is 17.2. The van der Waals surface area contributed by atoms with Gasteiger partial charge in [0.15, 0.2) is 5.13 Å². The van der Waals surface area contributed by atoms with Crippen molar-refractivity contribution in [2.45, 2.75) is 24.7 Å². The molecule has 210 valence electrons. The van der Waals surface area contributed by atoms with Crippen LogP contribution < -0.4 is 20.1 Å². The van der Waals surface area contributed by atoms with Crippen molar-refractivity contribution in [3.63, 3.8) is 0 Å². The van der Waals surface area contributed by atoms with Crippen LogP contribution in [-0.2, 0) is 12.0 Å². The topological polar surface area (TPSA) is 72.5 Å². The summed E-state index contributed by atoms with van der Waals surface area (Å²) in [6.07, 6.45) is -8.83. The third-order valence-corrected chi connectivity index (χ3v) is 6.49. The van der Waals surface area contributed by atoms with Crippen molar-refractivity contribution in [3.8, 4) is 11.5 Å². The summed E-state index contributed by atoms with van der Waals surface area (Å²) in [5, 5.41) is 5.36. The van der Waals surface area contributed by atoms with E-state index in [0.29, 0.717) is 5.56 Å². The molecule has 0 spiro atoms. The average Bonchev–Trinajstić information content (AvgIpc) is 3.26. The number of urea groups is 1. The Bertz CT molecular complexity index is 1400. The van der Waals surface area contributed by atoms with Gasteiger partial charge in [-0.05, 0) is 41.0 Å². The number of hydrogen-bond acceptors (Lipinski definition) is 5. The first kappa shape index (κ1) is 29.0. The molecular formula is C26H18ClF6N3O3S. The minimum absolute atomic E-state index is 0.0783. The lowest BCUT2D eigenvalue weighted by atomic mass is 9.77. The highest BCUT2D eigenvalue weighted by atomic mass is 35.5. The number of hydrogen-bond donors (Lipinski definition) is 2. The lowest BCUT2D eigenvalue weighted by Gasteiger charge is -2.37. The van der Waals surface area contributed by atoms with Gasteiger partial charge in [-0.25, -0.2) is 9.78 Å². The van der Waals surface area contributed by atoms with Gasteiger partial charge < -0.3 is 14.8 Å². The monoisotopic (exact) mass is 601 g/mol. The molecule has 0 unspecified atom stereocenters. The molecule has 1 aromatic heterocycles. The maximum absolute atomic E-state index is 13.3. The maximum Gasteiger partial charge on any atom is 0.573 e. The Morgan fingerprint density at radius 2 is 1.38 bits per heavy atom. The number of alkyl halides is 6. The predicted molar refractivity (Wildman–Crippen MR) is 136 cm³/mol. The lowest BCUT2D eigenvalue weighted by Crippen LogP contribution is -2.50. The minimum atomic E-state index is -5.02. The van der Waals surface area contributed by atoms with Crippen LogP contribution in [0, 0.1) is 0 Å². The van der Waals surface area contributed by atoms with E-state index in [1.165, 1.54) is 30.5 Å². The average molecular weight is 602 g/mol. The van der Waals surface area contributed by atoms with Crippen LogP contribution in [0.1, 0.15) is 16.7 Å². The summed E-state index contributed by atoms with van der Waals surface area (Å²) >= 11 is 6.84. The highest BCUT2D eigenvalue weighted by molar-refractivity contribution is 7.19. The highest BCUT2D eigenvalue weighted by Gasteiger charge is 2.39. The molecule has 3 aromatic carbocycles. The van der Waals surface area contributed by atoms with Crippen molar-refractivity contribution in [3.05, 3.63) is 106 Å². The Morgan fingerprint density at radius 3 is 1.85 bits per heavy atom. The van der Waals surface area contributed by atoms with Crippen LogP contribution in [-0.4, -0.2) is 23.7 Å². The number of ether oxygens (including phenoxy) is 2. The van der Waals surface area contributed by atoms with Crippen molar-refractivity contribution in [2.24, 2.45) is 0 Å². The Hall–Kier alpha value is -3.97. The van der Waals surface area contributed by atoms with E-state index in [1.54, 1.807) is 30.3 Å². The number of aromatic nitrogens is 1. The molecule has 0 atom stereocenters. The largest absolute Gasteiger partial charge is 0.573 e. The van der Waals surface area contributed by atoms with Crippen molar-refractivity contribution >= 4 is 34.1 Å². The van der Waals surface area contributed by atoms with Gasteiger partial charge in [0, 0.05) is 6.42 Å². The normalized spacial score (nSPS) is 12.1. The van der Waals surface area contributed by atoms with E-state index in [9.17, 15) is 31.1 Å². The second-order valence-electron chi connectivity index (χ2n) is 8.27. The summed E-state index contributed by atoms with van der Waals surface area (Å²) < 4.78 is 86.8. The highest BCUT2D eigenvalue weighted by Crippen LogP contribution is 2.38. The quantitative estimate of drug-likeness (QED) is 0.201. The van der Waals surface area contributed by atoms with Gasteiger partial charge in [-0.2, -0.15) is 0 Å². The molecule has 0 saturated carbocycles. The molecular weight excluding hydrogens is 584 g/mol. The van der Waals surface area contributed by atoms with Gasteiger partial charge in [0.05, 0.1) is 11.7 Å². The zero-order chi connectivity index (χ0) is 29.0. The summed E-state index contributed by atoms with van der Waals surface area (Å²) in [7, 11) is 0. The summed E-state index contributed by atoms with van der Waals surface area (Å²) in [6, 6.07) is 17.3. The van der Waals surface area contributed by atoms with E-state index in [4.69, 9.17) is 11.6 Å². The smallest absolute Gasteiger partial charge is 0.406 e. The number of rotatable bonds is 8. The molecule has 0 bridgehead atoms. The van der Waals surface area contributed by atoms with Crippen LogP contribution in [0.3, 0.4) is 0 Å². The van der Waals surface area contributed by atoms with E-state index in [0.717, 1.165) is 35.6 Å². The number of thiazole rings is 1. The summed E-state index contributed by atoms with van der Waals surface area (Å²) in [5.74, 6) is -1.20. The molecule has 0 fully saturated rings. The third-order valence-electron chi connectivity index (χ3n) is 5.46. The Labute approximate surface area is 232 Å². The summed E-state index contributed by atoms with van der Waals surface area (Å²) in [5.41, 5.74) is -0.976. The first-order chi connectivity index (χ1) is 18.8. The van der Waals surface area contributed by atoms with Crippen molar-refractivity contribution in [1.82, 2.24) is 10.3 Å². The Balaban J connectivity index is 1.89. The van der Waals surface area contributed by atoms with Crippen LogP contribution in [0.2, 0.25) is 4.34 Å². The number of nitrogens with one attached hydrogen (secondary N) is 2. The SMILES string of the molecule is O=C(Nc1ncc(Cl)s1)NC(Cc1ccccc1)(c1cccc(OC(F)(F)F)c1)c1cccc(OC(F)(F)F)c1. The van der Waals surface area contributed by atoms with E-state index < -0.39 is 35.8 Å². The molecule has 0 aliphatic carbocycles. The minimum Gasteiger partial charge on any atom is -0.406 e. The molecule has 0 radical (unpaired) electrons. The first-order valence-electron chi connectivity index (χ1n) is 11.3. The van der Waals surface area contributed by atoms with Crippen LogP contribution in [0.4, 0.5) is 36.3 Å². The standard InChI is InChI=1S/C26H18ClF6N3O3S/c27-21-15-34-23(40-21)35-22(37)36-24(14-16-6-2-1-3-7-16,17-8-4-10-19(12-17)38-25(28,29)30)18-9-5-11-20(13-18)39-26(31,32)33/h1-13,15H,14H2,(H2,34,35,36,37). The second-order valence-corrected chi connectivity index (χ2v) is 9.93. The Morgan fingerprint density at radius 1 is 0.825 bits per heavy atom. The first-order valence-corrected chi connectivity index (χ1v) is 12.5. The van der Waals surface area contributed by atoms with E-state index in [1.807, 2.05) is 0 Å². The maximum atomic E-state index is 13.3. The number of nitrogens with zero attached hydrogens (tertiary/aromatic N) is 1. The fourth-order valence-electron chi connectivity index (χ4n) is 4.01. The van der Waals surface area contributed by atoms with Gasteiger partial charge in [0.2, 0.25) is 0 Å². The molecule has 0 saturated heterocycles.